The van der Waals surface area contributed by atoms with Crippen molar-refractivity contribution in [3.8, 4) is 5.75 Å². The molecule has 0 fully saturated rings. The van der Waals surface area contributed by atoms with Gasteiger partial charge in [-0.05, 0) is 24.6 Å². The number of aromatic nitrogens is 1. The number of amides is 1. The maximum atomic E-state index is 11.7. The van der Waals surface area contributed by atoms with E-state index in [1.165, 1.54) is 0 Å². The molecule has 0 saturated carbocycles. The number of nitrogens with one attached hydrogen (secondary N) is 1. The Kier molecular flexibility index (Phi) is 4.52. The van der Waals surface area contributed by atoms with Crippen LogP contribution in [-0.4, -0.2) is 22.5 Å². The fourth-order valence-electron chi connectivity index (χ4n) is 1.74. The predicted octanol–water partition coefficient (Wildman–Crippen LogP) is 2.06. The Labute approximate surface area is 116 Å². The topological polar surface area (TPSA) is 62.2 Å². The third kappa shape index (κ3) is 4.37. The number of aromatic hydroxyl groups is 1. The highest BCUT2D eigenvalue weighted by Crippen LogP contribution is 2.11. The van der Waals surface area contributed by atoms with Crippen LogP contribution in [0.4, 0.5) is 0 Å². The fourth-order valence-corrected chi connectivity index (χ4v) is 2.52. The maximum absolute atomic E-state index is 11.7. The van der Waals surface area contributed by atoms with Crippen LogP contribution >= 0.6 is 11.3 Å². The van der Waals surface area contributed by atoms with E-state index < -0.39 is 0 Å². The van der Waals surface area contributed by atoms with Crippen LogP contribution in [0.5, 0.6) is 5.75 Å². The average Bonchev–Trinajstić information content (AvgIpc) is 2.75. The Hall–Kier alpha value is -1.88. The minimum atomic E-state index is -0.0427. The SMILES string of the molecule is Cc1csc(CCNC(=O)Cc2cccc(O)c2)n1. The van der Waals surface area contributed by atoms with E-state index in [4.69, 9.17) is 0 Å². The molecule has 0 unspecified atom stereocenters. The Balaban J connectivity index is 1.76. The van der Waals surface area contributed by atoms with Gasteiger partial charge in [-0.3, -0.25) is 4.79 Å². The molecule has 4 nitrogen and oxygen atoms in total. The lowest BCUT2D eigenvalue weighted by Crippen LogP contribution is -2.27. The lowest BCUT2D eigenvalue weighted by atomic mass is 10.1. The predicted molar refractivity (Wildman–Crippen MR) is 75.4 cm³/mol. The highest BCUT2D eigenvalue weighted by Gasteiger charge is 2.04. The molecule has 1 aromatic carbocycles. The van der Waals surface area contributed by atoms with Crippen molar-refractivity contribution in [2.45, 2.75) is 19.8 Å². The van der Waals surface area contributed by atoms with E-state index in [1.54, 1.807) is 29.5 Å². The number of aryl methyl sites for hydroxylation is 1. The summed E-state index contributed by atoms with van der Waals surface area (Å²) in [6.45, 7) is 2.55. The van der Waals surface area contributed by atoms with Crippen LogP contribution in [0.15, 0.2) is 29.6 Å². The zero-order chi connectivity index (χ0) is 13.7. The van der Waals surface area contributed by atoms with Crippen LogP contribution in [0.1, 0.15) is 16.3 Å². The van der Waals surface area contributed by atoms with Crippen LogP contribution in [-0.2, 0) is 17.6 Å². The first-order chi connectivity index (χ1) is 9.13. The lowest BCUT2D eigenvalue weighted by molar-refractivity contribution is -0.120. The number of carbonyl (C=O) groups excluding carboxylic acids is 1. The summed E-state index contributed by atoms with van der Waals surface area (Å²) < 4.78 is 0. The molecule has 0 bridgehead atoms. The Morgan fingerprint density at radius 3 is 3.00 bits per heavy atom. The quantitative estimate of drug-likeness (QED) is 0.878. The normalized spacial score (nSPS) is 10.4. The van der Waals surface area contributed by atoms with Gasteiger partial charge in [-0.25, -0.2) is 4.98 Å². The molecular weight excluding hydrogens is 260 g/mol. The van der Waals surface area contributed by atoms with E-state index in [9.17, 15) is 9.90 Å². The molecular formula is C14H16N2O2S. The molecule has 2 N–H and O–H groups in total. The van der Waals surface area contributed by atoms with Gasteiger partial charge in [0.2, 0.25) is 5.91 Å². The van der Waals surface area contributed by atoms with Crippen LogP contribution in [0.2, 0.25) is 0 Å². The summed E-state index contributed by atoms with van der Waals surface area (Å²) >= 11 is 1.61. The van der Waals surface area contributed by atoms with Gasteiger partial charge in [0, 0.05) is 24.0 Å². The first-order valence-electron chi connectivity index (χ1n) is 6.09. The van der Waals surface area contributed by atoms with Gasteiger partial charge in [0.25, 0.3) is 0 Å². The number of carbonyl (C=O) groups is 1. The van der Waals surface area contributed by atoms with E-state index in [0.29, 0.717) is 6.54 Å². The van der Waals surface area contributed by atoms with E-state index in [1.807, 2.05) is 18.4 Å². The van der Waals surface area contributed by atoms with Crippen molar-refractivity contribution in [3.63, 3.8) is 0 Å². The summed E-state index contributed by atoms with van der Waals surface area (Å²) in [5, 5.41) is 15.2. The molecule has 100 valence electrons. The molecule has 0 aliphatic rings. The number of benzene rings is 1. The molecule has 5 heteroatoms. The van der Waals surface area contributed by atoms with E-state index in [2.05, 4.69) is 10.3 Å². The lowest BCUT2D eigenvalue weighted by Gasteiger charge is -2.04. The van der Waals surface area contributed by atoms with Gasteiger partial charge >= 0.3 is 0 Å². The second-order valence-corrected chi connectivity index (χ2v) is 5.27. The summed E-state index contributed by atoms with van der Waals surface area (Å²) in [7, 11) is 0. The van der Waals surface area contributed by atoms with E-state index in [-0.39, 0.29) is 18.1 Å². The molecule has 0 aliphatic carbocycles. The van der Waals surface area contributed by atoms with Crippen LogP contribution in [0.25, 0.3) is 0 Å². The summed E-state index contributed by atoms with van der Waals surface area (Å²) in [5.41, 5.74) is 1.83. The zero-order valence-corrected chi connectivity index (χ0v) is 11.5. The molecule has 0 aliphatic heterocycles. The number of rotatable bonds is 5. The molecule has 19 heavy (non-hydrogen) atoms. The van der Waals surface area contributed by atoms with Crippen molar-refractivity contribution in [2.24, 2.45) is 0 Å². The number of phenolic OH excluding ortho intramolecular Hbond substituents is 1. The fraction of sp³-hybridized carbons (Fsp3) is 0.286. The number of hydrogen-bond donors (Lipinski definition) is 2. The van der Waals surface area contributed by atoms with Gasteiger partial charge in [-0.2, -0.15) is 0 Å². The standard InChI is InChI=1S/C14H16N2O2S/c1-10-9-19-14(16-10)5-6-15-13(18)8-11-3-2-4-12(17)7-11/h2-4,7,9,17H,5-6,8H2,1H3,(H,15,18). The second kappa shape index (κ2) is 6.33. The highest BCUT2D eigenvalue weighted by molar-refractivity contribution is 7.09. The minimum absolute atomic E-state index is 0.0427. The van der Waals surface area contributed by atoms with Gasteiger partial charge < -0.3 is 10.4 Å². The largest absolute Gasteiger partial charge is 0.508 e. The average molecular weight is 276 g/mol. The first kappa shape index (κ1) is 13.5. The number of thiazole rings is 1. The summed E-state index contributed by atoms with van der Waals surface area (Å²) in [6.07, 6.45) is 1.04. The minimum Gasteiger partial charge on any atom is -0.508 e. The summed E-state index contributed by atoms with van der Waals surface area (Å²) in [4.78, 5) is 16.0. The van der Waals surface area contributed by atoms with Crippen LogP contribution in [0.3, 0.4) is 0 Å². The van der Waals surface area contributed by atoms with Gasteiger partial charge in [-0.15, -0.1) is 11.3 Å². The van der Waals surface area contributed by atoms with E-state index >= 15 is 0 Å². The molecule has 1 amide bonds. The first-order valence-corrected chi connectivity index (χ1v) is 6.97. The Morgan fingerprint density at radius 2 is 2.32 bits per heavy atom. The van der Waals surface area contributed by atoms with Gasteiger partial charge in [0.05, 0.1) is 11.4 Å². The molecule has 1 aromatic heterocycles. The Bertz CT molecular complexity index is 566. The molecule has 2 aromatic rings. The monoisotopic (exact) mass is 276 g/mol. The molecule has 1 heterocycles. The smallest absolute Gasteiger partial charge is 0.224 e. The molecule has 0 spiro atoms. The molecule has 2 rings (SSSR count). The van der Waals surface area contributed by atoms with Gasteiger partial charge in [-0.1, -0.05) is 12.1 Å². The molecule has 0 radical (unpaired) electrons. The number of phenols is 1. The second-order valence-electron chi connectivity index (χ2n) is 4.33. The number of nitrogens with zero attached hydrogens (tertiary/aromatic N) is 1. The summed E-state index contributed by atoms with van der Waals surface area (Å²) in [5.74, 6) is 0.141. The van der Waals surface area contributed by atoms with Crippen LogP contribution in [0, 0.1) is 6.92 Å². The van der Waals surface area contributed by atoms with Crippen LogP contribution < -0.4 is 5.32 Å². The van der Waals surface area contributed by atoms with Gasteiger partial charge in [0.15, 0.2) is 0 Å². The third-order valence-electron chi connectivity index (χ3n) is 2.60. The highest BCUT2D eigenvalue weighted by atomic mass is 32.1. The van der Waals surface area contributed by atoms with Crippen molar-refractivity contribution in [3.05, 3.63) is 45.9 Å². The van der Waals surface area contributed by atoms with Crippen molar-refractivity contribution < 1.29 is 9.90 Å². The maximum Gasteiger partial charge on any atom is 0.224 e. The summed E-state index contributed by atoms with van der Waals surface area (Å²) in [6, 6.07) is 6.75. The molecule has 0 atom stereocenters. The van der Waals surface area contributed by atoms with Crippen molar-refractivity contribution in [1.29, 1.82) is 0 Å². The Morgan fingerprint density at radius 1 is 1.47 bits per heavy atom. The third-order valence-corrected chi connectivity index (χ3v) is 3.63. The van der Waals surface area contributed by atoms with E-state index in [0.717, 1.165) is 22.7 Å². The van der Waals surface area contributed by atoms with Crippen molar-refractivity contribution >= 4 is 17.2 Å². The number of hydrogen-bond acceptors (Lipinski definition) is 4. The zero-order valence-electron chi connectivity index (χ0n) is 10.7. The van der Waals surface area contributed by atoms with Gasteiger partial charge in [0.1, 0.15) is 5.75 Å². The molecule has 0 saturated heterocycles. The van der Waals surface area contributed by atoms with Crippen molar-refractivity contribution in [2.75, 3.05) is 6.54 Å². The van der Waals surface area contributed by atoms with Crippen molar-refractivity contribution in [1.82, 2.24) is 10.3 Å².